The van der Waals surface area contributed by atoms with Crippen molar-refractivity contribution in [2.24, 2.45) is 0 Å². The van der Waals surface area contributed by atoms with Gasteiger partial charge in [0.15, 0.2) is 22.7 Å². The number of ether oxygens (including phenoxy) is 3. The molecule has 0 aliphatic rings. The number of hydrogen-bond acceptors (Lipinski definition) is 10. The van der Waals surface area contributed by atoms with Crippen LogP contribution in [0.5, 0.6) is 17.2 Å². The average Bonchev–Trinajstić information content (AvgIpc) is 3.52. The zero-order valence-corrected chi connectivity index (χ0v) is 19.5. The van der Waals surface area contributed by atoms with E-state index < -0.39 is 5.56 Å². The molecule has 0 saturated carbocycles. The maximum atomic E-state index is 13.5. The standard InChI is InChI=1S/C23H20FN7O5/c1-33-16-8-14(9-17(34-2)20(16)35-3)21-26-18(36-28-21)11-30-12-25-22-19(23(30)32)27-29-31(22)10-13-5-4-6-15(24)7-13/h4-9,12H,10-11H2,1-3H3. The summed E-state index contributed by atoms with van der Waals surface area (Å²) in [6.45, 7) is 0.183. The first-order chi connectivity index (χ1) is 17.5. The molecule has 0 unspecified atom stereocenters. The van der Waals surface area contributed by atoms with E-state index in [0.29, 0.717) is 28.4 Å². The summed E-state index contributed by atoms with van der Waals surface area (Å²) in [6, 6.07) is 9.46. The van der Waals surface area contributed by atoms with Gasteiger partial charge in [-0.2, -0.15) is 4.98 Å². The molecule has 184 valence electrons. The lowest BCUT2D eigenvalue weighted by atomic mass is 10.1. The van der Waals surface area contributed by atoms with Gasteiger partial charge >= 0.3 is 0 Å². The molecule has 13 heteroatoms. The van der Waals surface area contributed by atoms with E-state index in [1.54, 1.807) is 24.3 Å². The van der Waals surface area contributed by atoms with Crippen LogP contribution < -0.4 is 19.8 Å². The van der Waals surface area contributed by atoms with Gasteiger partial charge in [-0.3, -0.25) is 9.36 Å². The summed E-state index contributed by atoms with van der Waals surface area (Å²) in [5, 5.41) is 12.0. The van der Waals surface area contributed by atoms with E-state index in [1.807, 2.05) is 0 Å². The number of fused-ring (bicyclic) bond motifs is 1. The third-order valence-corrected chi connectivity index (χ3v) is 5.41. The van der Waals surface area contributed by atoms with Gasteiger partial charge in [0.2, 0.25) is 17.5 Å². The van der Waals surface area contributed by atoms with Gasteiger partial charge in [-0.25, -0.2) is 14.1 Å². The normalized spacial score (nSPS) is 11.1. The minimum absolute atomic E-state index is 0.0318. The van der Waals surface area contributed by atoms with Crippen LogP contribution in [0, 0.1) is 5.82 Å². The summed E-state index contributed by atoms with van der Waals surface area (Å²) >= 11 is 0. The van der Waals surface area contributed by atoms with E-state index in [9.17, 15) is 9.18 Å². The van der Waals surface area contributed by atoms with Crippen molar-refractivity contribution in [2.75, 3.05) is 21.3 Å². The van der Waals surface area contributed by atoms with Crippen LogP contribution in [0.25, 0.3) is 22.6 Å². The van der Waals surface area contributed by atoms with Crippen molar-refractivity contribution in [1.82, 2.24) is 34.7 Å². The lowest BCUT2D eigenvalue weighted by Gasteiger charge is -2.12. The molecular weight excluding hydrogens is 473 g/mol. The number of hydrogen-bond donors (Lipinski definition) is 0. The van der Waals surface area contributed by atoms with Gasteiger partial charge in [0, 0.05) is 5.56 Å². The van der Waals surface area contributed by atoms with E-state index in [0.717, 1.165) is 0 Å². The Bertz CT molecular complexity index is 1590. The summed E-state index contributed by atoms with van der Waals surface area (Å²) in [6.07, 6.45) is 1.35. The molecule has 36 heavy (non-hydrogen) atoms. The lowest BCUT2D eigenvalue weighted by Crippen LogP contribution is -2.21. The fraction of sp³-hybridized carbons (Fsp3) is 0.217. The number of aromatic nitrogens is 7. The quantitative estimate of drug-likeness (QED) is 0.317. The predicted octanol–water partition coefficient (Wildman–Crippen LogP) is 2.30. The Morgan fingerprint density at radius 3 is 2.50 bits per heavy atom. The zero-order valence-electron chi connectivity index (χ0n) is 19.5. The monoisotopic (exact) mass is 493 g/mol. The van der Waals surface area contributed by atoms with Gasteiger partial charge in [0.05, 0.1) is 27.9 Å². The number of methoxy groups -OCH3 is 3. The molecule has 5 aromatic rings. The van der Waals surface area contributed by atoms with Crippen molar-refractivity contribution in [2.45, 2.75) is 13.1 Å². The summed E-state index contributed by atoms with van der Waals surface area (Å²) < 4.78 is 37.6. The fourth-order valence-electron chi connectivity index (χ4n) is 3.71. The Morgan fingerprint density at radius 1 is 1.03 bits per heavy atom. The van der Waals surface area contributed by atoms with Crippen molar-refractivity contribution in [3.63, 3.8) is 0 Å². The van der Waals surface area contributed by atoms with Gasteiger partial charge in [0.1, 0.15) is 18.7 Å². The summed E-state index contributed by atoms with van der Waals surface area (Å²) in [5.41, 5.74) is 1.15. The number of nitrogens with zero attached hydrogens (tertiary/aromatic N) is 7. The van der Waals surface area contributed by atoms with Crippen LogP contribution >= 0.6 is 0 Å². The highest BCUT2D eigenvalue weighted by Gasteiger charge is 2.19. The fourth-order valence-corrected chi connectivity index (χ4v) is 3.71. The molecule has 2 aromatic carbocycles. The topological polar surface area (TPSA) is 132 Å². The zero-order chi connectivity index (χ0) is 25.2. The molecule has 3 aromatic heterocycles. The molecule has 0 atom stereocenters. The van der Waals surface area contributed by atoms with E-state index in [2.05, 4.69) is 25.4 Å². The molecule has 12 nitrogen and oxygen atoms in total. The average molecular weight is 493 g/mol. The number of halogens is 1. The van der Waals surface area contributed by atoms with Gasteiger partial charge in [-0.05, 0) is 29.8 Å². The van der Waals surface area contributed by atoms with E-state index in [-0.39, 0.29) is 41.8 Å². The van der Waals surface area contributed by atoms with Gasteiger partial charge in [-0.1, -0.05) is 22.5 Å². The van der Waals surface area contributed by atoms with Crippen molar-refractivity contribution < 1.29 is 23.1 Å². The summed E-state index contributed by atoms with van der Waals surface area (Å²) in [7, 11) is 4.52. The maximum absolute atomic E-state index is 13.5. The van der Waals surface area contributed by atoms with Gasteiger partial charge < -0.3 is 18.7 Å². The van der Waals surface area contributed by atoms with Crippen LogP contribution in [-0.2, 0) is 13.1 Å². The molecule has 0 amide bonds. The molecule has 0 saturated heterocycles. The molecular formula is C23H20FN7O5. The second kappa shape index (κ2) is 9.44. The van der Waals surface area contributed by atoms with Crippen molar-refractivity contribution in [3.05, 3.63) is 70.4 Å². The highest BCUT2D eigenvalue weighted by molar-refractivity contribution is 5.68. The second-order valence-corrected chi connectivity index (χ2v) is 7.65. The van der Waals surface area contributed by atoms with Crippen LogP contribution in [0.1, 0.15) is 11.5 Å². The smallest absolute Gasteiger partial charge is 0.283 e. The Morgan fingerprint density at radius 2 is 1.81 bits per heavy atom. The minimum Gasteiger partial charge on any atom is -0.493 e. The van der Waals surface area contributed by atoms with E-state index in [4.69, 9.17) is 18.7 Å². The molecule has 3 heterocycles. The molecule has 0 fully saturated rings. The molecule has 0 bridgehead atoms. The van der Waals surface area contributed by atoms with Crippen molar-refractivity contribution in [3.8, 4) is 28.6 Å². The van der Waals surface area contributed by atoms with Gasteiger partial charge in [0.25, 0.3) is 5.56 Å². The Labute approximate surface area is 202 Å². The maximum Gasteiger partial charge on any atom is 0.283 e. The van der Waals surface area contributed by atoms with E-state index in [1.165, 1.54) is 49.0 Å². The Balaban J connectivity index is 1.41. The van der Waals surface area contributed by atoms with Crippen LogP contribution in [0.4, 0.5) is 4.39 Å². The summed E-state index contributed by atoms with van der Waals surface area (Å²) in [5.74, 6) is 1.39. The molecule has 0 radical (unpaired) electrons. The number of benzene rings is 2. The first-order valence-corrected chi connectivity index (χ1v) is 10.7. The number of rotatable bonds is 8. The summed E-state index contributed by atoms with van der Waals surface area (Å²) in [4.78, 5) is 21.7. The highest BCUT2D eigenvalue weighted by Crippen LogP contribution is 2.40. The Kier molecular flexibility index (Phi) is 6.02. The largest absolute Gasteiger partial charge is 0.493 e. The van der Waals surface area contributed by atoms with Crippen molar-refractivity contribution >= 4 is 11.2 Å². The predicted molar refractivity (Wildman–Crippen MR) is 124 cm³/mol. The first-order valence-electron chi connectivity index (χ1n) is 10.7. The molecule has 0 aliphatic heterocycles. The second-order valence-electron chi connectivity index (χ2n) is 7.65. The van der Waals surface area contributed by atoms with Crippen LogP contribution in [0.2, 0.25) is 0 Å². The molecule has 5 rings (SSSR count). The van der Waals surface area contributed by atoms with Crippen molar-refractivity contribution in [1.29, 1.82) is 0 Å². The minimum atomic E-state index is -0.432. The SMILES string of the molecule is COc1cc(-c2noc(Cn3cnc4c(nnn4Cc4cccc(F)c4)c3=O)n2)cc(OC)c1OC. The first kappa shape index (κ1) is 23.0. The third kappa shape index (κ3) is 4.21. The van der Waals surface area contributed by atoms with Gasteiger partial charge in [-0.15, -0.1) is 5.10 Å². The van der Waals surface area contributed by atoms with Crippen LogP contribution in [0.15, 0.2) is 52.0 Å². The van der Waals surface area contributed by atoms with Crippen LogP contribution in [-0.4, -0.2) is 56.0 Å². The molecule has 0 spiro atoms. The Hall–Kier alpha value is -4.81. The molecule has 0 N–H and O–H groups in total. The van der Waals surface area contributed by atoms with E-state index >= 15 is 0 Å². The lowest BCUT2D eigenvalue weighted by molar-refractivity contribution is 0.324. The highest BCUT2D eigenvalue weighted by atomic mass is 19.1. The van der Waals surface area contributed by atoms with Crippen LogP contribution in [0.3, 0.4) is 0 Å². The molecule has 0 aliphatic carbocycles. The third-order valence-electron chi connectivity index (χ3n) is 5.41.